The van der Waals surface area contributed by atoms with Gasteiger partial charge >= 0.3 is 5.97 Å². The molecule has 1 N–H and O–H groups in total. The van der Waals surface area contributed by atoms with Gasteiger partial charge in [-0.25, -0.2) is 0 Å². The van der Waals surface area contributed by atoms with Crippen LogP contribution in [0.15, 0.2) is 48.5 Å². The molecule has 0 aliphatic carbocycles. The van der Waals surface area contributed by atoms with E-state index in [0.717, 1.165) is 22.5 Å². The van der Waals surface area contributed by atoms with Crippen LogP contribution < -0.4 is 4.90 Å². The van der Waals surface area contributed by atoms with Gasteiger partial charge in [0.2, 0.25) is 0 Å². The third kappa shape index (κ3) is 2.48. The fraction of sp³-hybridized carbons (Fsp3) is 0.222. The van der Waals surface area contributed by atoms with Crippen molar-refractivity contribution in [2.75, 3.05) is 4.90 Å². The first-order chi connectivity index (χ1) is 10.6. The van der Waals surface area contributed by atoms with Crippen molar-refractivity contribution in [3.63, 3.8) is 0 Å². The van der Waals surface area contributed by atoms with Crippen LogP contribution in [-0.4, -0.2) is 11.8 Å². The van der Waals surface area contributed by atoms with Crippen LogP contribution in [0.25, 0.3) is 0 Å². The molecule has 4 nitrogen and oxygen atoms in total. The van der Waals surface area contributed by atoms with Gasteiger partial charge in [0.1, 0.15) is 11.9 Å². The SMILES string of the molecule is CC(=N)N1c2ccccc2CC(OC(C)=O)c2ccccc21. The van der Waals surface area contributed by atoms with E-state index < -0.39 is 0 Å². The van der Waals surface area contributed by atoms with Gasteiger partial charge in [0.05, 0.1) is 11.4 Å². The van der Waals surface area contributed by atoms with Crippen LogP contribution in [0.2, 0.25) is 0 Å². The molecule has 2 aromatic carbocycles. The average molecular weight is 294 g/mol. The van der Waals surface area contributed by atoms with Crippen molar-refractivity contribution in [3.05, 3.63) is 59.7 Å². The van der Waals surface area contributed by atoms with Gasteiger partial charge in [-0.3, -0.25) is 15.1 Å². The standard InChI is InChI=1S/C18H18N2O2/c1-12(19)20-16-9-5-3-7-14(16)11-18(22-13(2)21)15-8-4-6-10-17(15)20/h3-10,18-19H,11H2,1-2H3. The zero-order valence-electron chi connectivity index (χ0n) is 12.7. The summed E-state index contributed by atoms with van der Waals surface area (Å²) in [5, 5.41) is 8.17. The van der Waals surface area contributed by atoms with Gasteiger partial charge in [0.15, 0.2) is 0 Å². The first kappa shape index (κ1) is 14.3. The molecule has 1 aliphatic heterocycles. The number of nitrogens with one attached hydrogen (secondary N) is 1. The molecule has 22 heavy (non-hydrogen) atoms. The molecule has 112 valence electrons. The predicted octanol–water partition coefficient (Wildman–Crippen LogP) is 3.98. The molecular formula is C18H18N2O2. The van der Waals surface area contributed by atoms with E-state index >= 15 is 0 Å². The van der Waals surface area contributed by atoms with Crippen LogP contribution in [0.1, 0.15) is 31.1 Å². The molecule has 4 heteroatoms. The second-order valence-corrected chi connectivity index (χ2v) is 5.41. The topological polar surface area (TPSA) is 53.4 Å². The molecule has 3 rings (SSSR count). The molecular weight excluding hydrogens is 276 g/mol. The molecule has 1 atom stereocenters. The Balaban J connectivity index is 2.23. The average Bonchev–Trinajstić information content (AvgIpc) is 2.61. The van der Waals surface area contributed by atoms with E-state index in [-0.39, 0.29) is 12.1 Å². The van der Waals surface area contributed by atoms with Crippen molar-refractivity contribution in [1.82, 2.24) is 0 Å². The van der Waals surface area contributed by atoms with Crippen molar-refractivity contribution in [3.8, 4) is 0 Å². The van der Waals surface area contributed by atoms with Gasteiger partial charge in [-0.05, 0) is 24.6 Å². The number of fused-ring (bicyclic) bond motifs is 2. The fourth-order valence-corrected chi connectivity index (χ4v) is 2.97. The number of carbonyl (C=O) groups excluding carboxylic acids is 1. The summed E-state index contributed by atoms with van der Waals surface area (Å²) in [6.45, 7) is 3.19. The maximum absolute atomic E-state index is 11.5. The Morgan fingerprint density at radius 1 is 1.09 bits per heavy atom. The number of ether oxygens (including phenoxy) is 1. The fourth-order valence-electron chi connectivity index (χ4n) is 2.97. The number of carbonyl (C=O) groups is 1. The molecule has 2 aromatic rings. The summed E-state index contributed by atoms with van der Waals surface area (Å²) in [6.07, 6.45) is 0.274. The zero-order chi connectivity index (χ0) is 15.7. The van der Waals surface area contributed by atoms with Crippen molar-refractivity contribution >= 4 is 23.2 Å². The van der Waals surface area contributed by atoms with Crippen molar-refractivity contribution < 1.29 is 9.53 Å². The Bertz CT molecular complexity index is 739. The molecule has 0 bridgehead atoms. The summed E-state index contributed by atoms with van der Waals surface area (Å²) in [6, 6.07) is 15.8. The molecule has 0 fully saturated rings. The Labute approximate surface area is 129 Å². The molecule has 0 radical (unpaired) electrons. The van der Waals surface area contributed by atoms with E-state index in [2.05, 4.69) is 0 Å². The van der Waals surface area contributed by atoms with Crippen LogP contribution in [0.3, 0.4) is 0 Å². The maximum Gasteiger partial charge on any atom is 0.303 e. The molecule has 1 unspecified atom stereocenters. The van der Waals surface area contributed by atoms with Crippen LogP contribution >= 0.6 is 0 Å². The van der Waals surface area contributed by atoms with Crippen LogP contribution in [0.5, 0.6) is 0 Å². The Hall–Kier alpha value is -2.62. The van der Waals surface area contributed by atoms with Crippen LogP contribution in [0.4, 0.5) is 11.4 Å². The van der Waals surface area contributed by atoms with Crippen LogP contribution in [-0.2, 0) is 16.0 Å². The lowest BCUT2D eigenvalue weighted by molar-refractivity contribution is -0.146. The minimum absolute atomic E-state index is 0.294. The molecule has 1 heterocycles. The van der Waals surface area contributed by atoms with E-state index in [9.17, 15) is 4.79 Å². The quantitative estimate of drug-likeness (QED) is 0.491. The third-order valence-electron chi connectivity index (χ3n) is 3.81. The molecule has 0 amide bonds. The predicted molar refractivity (Wildman–Crippen MR) is 86.6 cm³/mol. The van der Waals surface area contributed by atoms with E-state index in [4.69, 9.17) is 10.1 Å². The van der Waals surface area contributed by atoms with Gasteiger partial charge < -0.3 is 4.74 Å². The largest absolute Gasteiger partial charge is 0.457 e. The first-order valence-corrected chi connectivity index (χ1v) is 7.27. The first-order valence-electron chi connectivity index (χ1n) is 7.27. The number of hydrogen-bond donors (Lipinski definition) is 1. The second-order valence-electron chi connectivity index (χ2n) is 5.41. The molecule has 0 saturated heterocycles. The number of hydrogen-bond acceptors (Lipinski definition) is 3. The minimum Gasteiger partial charge on any atom is -0.457 e. The monoisotopic (exact) mass is 294 g/mol. The Morgan fingerprint density at radius 3 is 2.41 bits per heavy atom. The van der Waals surface area contributed by atoms with Crippen molar-refractivity contribution in [1.29, 1.82) is 5.41 Å². The number of para-hydroxylation sites is 2. The lowest BCUT2D eigenvalue weighted by Gasteiger charge is -2.25. The maximum atomic E-state index is 11.5. The molecule has 0 aromatic heterocycles. The van der Waals surface area contributed by atoms with Gasteiger partial charge in [-0.2, -0.15) is 0 Å². The summed E-state index contributed by atoms with van der Waals surface area (Å²) in [4.78, 5) is 13.4. The Kier molecular flexibility index (Phi) is 3.67. The summed E-state index contributed by atoms with van der Waals surface area (Å²) >= 11 is 0. The van der Waals surface area contributed by atoms with E-state index in [1.807, 2.05) is 53.4 Å². The van der Waals surface area contributed by atoms with Crippen molar-refractivity contribution in [2.45, 2.75) is 26.4 Å². The highest BCUT2D eigenvalue weighted by molar-refractivity contribution is 6.02. The Morgan fingerprint density at radius 2 is 1.73 bits per heavy atom. The highest BCUT2D eigenvalue weighted by Crippen LogP contribution is 2.41. The summed E-state index contributed by atoms with van der Waals surface area (Å²) in [5.41, 5.74) is 3.86. The van der Waals surface area contributed by atoms with E-state index in [0.29, 0.717) is 12.3 Å². The molecule has 0 saturated carbocycles. The number of rotatable bonds is 1. The molecule has 1 aliphatic rings. The number of anilines is 2. The van der Waals surface area contributed by atoms with Crippen LogP contribution in [0, 0.1) is 5.41 Å². The minimum atomic E-state index is -0.334. The van der Waals surface area contributed by atoms with Gasteiger partial charge in [0, 0.05) is 18.9 Å². The number of nitrogens with zero attached hydrogens (tertiary/aromatic N) is 1. The highest BCUT2D eigenvalue weighted by Gasteiger charge is 2.29. The summed E-state index contributed by atoms with van der Waals surface area (Å²) < 4.78 is 5.55. The van der Waals surface area contributed by atoms with Gasteiger partial charge in [0.25, 0.3) is 0 Å². The van der Waals surface area contributed by atoms with E-state index in [1.54, 1.807) is 6.92 Å². The highest BCUT2D eigenvalue weighted by atomic mass is 16.5. The lowest BCUT2D eigenvalue weighted by atomic mass is 10.0. The van der Waals surface area contributed by atoms with Gasteiger partial charge in [-0.15, -0.1) is 0 Å². The second kappa shape index (κ2) is 5.64. The number of esters is 1. The normalized spacial score (nSPS) is 16.3. The lowest BCUT2D eigenvalue weighted by Crippen LogP contribution is -2.23. The molecule has 0 spiro atoms. The summed E-state index contributed by atoms with van der Waals surface area (Å²) in [7, 11) is 0. The third-order valence-corrected chi connectivity index (χ3v) is 3.81. The zero-order valence-corrected chi connectivity index (χ0v) is 12.7. The summed E-state index contributed by atoms with van der Waals surface area (Å²) in [5.74, 6) is 0.140. The van der Waals surface area contributed by atoms with Gasteiger partial charge in [-0.1, -0.05) is 36.4 Å². The number of amidine groups is 1. The number of benzene rings is 2. The van der Waals surface area contributed by atoms with E-state index in [1.165, 1.54) is 6.92 Å². The smallest absolute Gasteiger partial charge is 0.303 e. The van der Waals surface area contributed by atoms with Crippen molar-refractivity contribution in [2.24, 2.45) is 0 Å².